The number of amides is 1. The summed E-state index contributed by atoms with van der Waals surface area (Å²) in [5.41, 5.74) is 1.50. The third-order valence-electron chi connectivity index (χ3n) is 4.27. The van der Waals surface area contributed by atoms with Gasteiger partial charge in [0.2, 0.25) is 0 Å². The van der Waals surface area contributed by atoms with Crippen LogP contribution in [0.5, 0.6) is 5.75 Å². The number of likely N-dealkylation sites (tertiary alicyclic amines) is 1. The Labute approximate surface area is 141 Å². The lowest BCUT2D eigenvalue weighted by molar-refractivity contribution is 0.0584. The summed E-state index contributed by atoms with van der Waals surface area (Å²) in [6, 6.07) is 7.89. The van der Waals surface area contributed by atoms with E-state index in [1.165, 1.54) is 12.1 Å². The first-order chi connectivity index (χ1) is 11.6. The fourth-order valence-electron chi connectivity index (χ4n) is 3.00. The van der Waals surface area contributed by atoms with Gasteiger partial charge in [-0.1, -0.05) is 0 Å². The molecular weight excluding hydrogens is 309 g/mol. The summed E-state index contributed by atoms with van der Waals surface area (Å²) in [4.78, 5) is 14.5. The van der Waals surface area contributed by atoms with E-state index < -0.39 is 0 Å². The lowest BCUT2D eigenvalue weighted by Gasteiger charge is -2.32. The minimum Gasteiger partial charge on any atom is -0.490 e. The molecule has 1 aliphatic rings. The SMILES string of the molecule is CCn1nc(C)cc1C(=O)N1CCC(Oc2ccc(F)cc2)CC1. The van der Waals surface area contributed by atoms with Gasteiger partial charge in [0.25, 0.3) is 5.91 Å². The second-order valence-corrected chi connectivity index (χ2v) is 6.05. The number of piperidine rings is 1. The maximum atomic E-state index is 12.9. The molecule has 1 amide bonds. The van der Waals surface area contributed by atoms with Gasteiger partial charge in [-0.05, 0) is 44.2 Å². The van der Waals surface area contributed by atoms with E-state index in [-0.39, 0.29) is 17.8 Å². The van der Waals surface area contributed by atoms with E-state index >= 15 is 0 Å². The topological polar surface area (TPSA) is 47.4 Å². The molecule has 0 bridgehead atoms. The molecule has 1 fully saturated rings. The van der Waals surface area contributed by atoms with Crippen LogP contribution in [-0.4, -0.2) is 39.8 Å². The maximum absolute atomic E-state index is 12.9. The summed E-state index contributed by atoms with van der Waals surface area (Å²) in [7, 11) is 0. The van der Waals surface area contributed by atoms with Crippen molar-refractivity contribution in [3.63, 3.8) is 0 Å². The number of hydrogen-bond donors (Lipinski definition) is 0. The molecule has 1 aromatic heterocycles. The van der Waals surface area contributed by atoms with Crippen LogP contribution in [0.3, 0.4) is 0 Å². The molecular formula is C18H22FN3O2. The van der Waals surface area contributed by atoms with Gasteiger partial charge >= 0.3 is 0 Å². The highest BCUT2D eigenvalue weighted by molar-refractivity contribution is 5.92. The van der Waals surface area contributed by atoms with Gasteiger partial charge in [-0.2, -0.15) is 5.10 Å². The first kappa shape index (κ1) is 16.5. The Kier molecular flexibility index (Phi) is 4.83. The summed E-state index contributed by atoms with van der Waals surface area (Å²) in [5.74, 6) is 0.420. The van der Waals surface area contributed by atoms with Crippen LogP contribution in [0.1, 0.15) is 35.9 Å². The van der Waals surface area contributed by atoms with Crippen LogP contribution in [0.15, 0.2) is 30.3 Å². The summed E-state index contributed by atoms with van der Waals surface area (Å²) >= 11 is 0. The zero-order valence-electron chi connectivity index (χ0n) is 14.0. The third-order valence-corrected chi connectivity index (χ3v) is 4.27. The van der Waals surface area contributed by atoms with Gasteiger partial charge in [0.05, 0.1) is 5.69 Å². The number of halogens is 1. The van der Waals surface area contributed by atoms with E-state index in [1.54, 1.807) is 16.8 Å². The van der Waals surface area contributed by atoms with Gasteiger partial charge in [0.15, 0.2) is 0 Å². The second kappa shape index (κ2) is 7.03. The Morgan fingerprint density at radius 1 is 1.29 bits per heavy atom. The molecule has 1 aromatic carbocycles. The van der Waals surface area contributed by atoms with Crippen molar-refractivity contribution in [3.8, 4) is 5.75 Å². The number of rotatable bonds is 4. The first-order valence-corrected chi connectivity index (χ1v) is 8.32. The van der Waals surface area contributed by atoms with Crippen molar-refractivity contribution in [2.75, 3.05) is 13.1 Å². The second-order valence-electron chi connectivity index (χ2n) is 6.05. The molecule has 0 saturated carbocycles. The molecule has 6 heteroatoms. The number of carbonyl (C=O) groups is 1. The quantitative estimate of drug-likeness (QED) is 0.865. The average molecular weight is 331 g/mol. The van der Waals surface area contributed by atoms with Crippen LogP contribution in [-0.2, 0) is 6.54 Å². The van der Waals surface area contributed by atoms with E-state index in [4.69, 9.17) is 4.74 Å². The largest absolute Gasteiger partial charge is 0.490 e. The number of carbonyl (C=O) groups excluding carboxylic acids is 1. The molecule has 5 nitrogen and oxygen atoms in total. The van der Waals surface area contributed by atoms with Gasteiger partial charge < -0.3 is 9.64 Å². The molecule has 1 aliphatic heterocycles. The minimum absolute atomic E-state index is 0.0256. The highest BCUT2D eigenvalue weighted by Crippen LogP contribution is 2.20. The molecule has 2 aromatic rings. The highest BCUT2D eigenvalue weighted by atomic mass is 19.1. The van der Waals surface area contributed by atoms with E-state index in [0.29, 0.717) is 31.1 Å². The summed E-state index contributed by atoms with van der Waals surface area (Å²) in [6.07, 6.45) is 1.59. The summed E-state index contributed by atoms with van der Waals surface area (Å²) in [6.45, 7) is 5.86. The lowest BCUT2D eigenvalue weighted by atomic mass is 10.1. The Balaban J connectivity index is 1.58. The predicted molar refractivity (Wildman–Crippen MR) is 88.6 cm³/mol. The van der Waals surface area contributed by atoms with Crippen molar-refractivity contribution < 1.29 is 13.9 Å². The van der Waals surface area contributed by atoms with E-state index in [2.05, 4.69) is 5.10 Å². The molecule has 0 spiro atoms. The molecule has 0 unspecified atom stereocenters. The van der Waals surface area contributed by atoms with Gasteiger partial charge in [-0.15, -0.1) is 0 Å². The van der Waals surface area contributed by atoms with Crippen molar-refractivity contribution in [2.24, 2.45) is 0 Å². The summed E-state index contributed by atoms with van der Waals surface area (Å²) in [5, 5.41) is 4.34. The Bertz CT molecular complexity index is 704. The first-order valence-electron chi connectivity index (χ1n) is 8.32. The number of aryl methyl sites for hydroxylation is 2. The molecule has 3 rings (SSSR count). The fraction of sp³-hybridized carbons (Fsp3) is 0.444. The van der Waals surface area contributed by atoms with Crippen LogP contribution in [0, 0.1) is 12.7 Å². The molecule has 0 aliphatic carbocycles. The van der Waals surface area contributed by atoms with Gasteiger partial charge in [0, 0.05) is 32.5 Å². The Morgan fingerprint density at radius 3 is 2.58 bits per heavy atom. The zero-order chi connectivity index (χ0) is 17.1. The highest BCUT2D eigenvalue weighted by Gasteiger charge is 2.26. The zero-order valence-corrected chi connectivity index (χ0v) is 14.0. The van der Waals surface area contributed by atoms with Gasteiger partial charge in [0.1, 0.15) is 23.4 Å². The molecule has 24 heavy (non-hydrogen) atoms. The normalized spacial score (nSPS) is 15.5. The van der Waals surface area contributed by atoms with Crippen LogP contribution in [0.25, 0.3) is 0 Å². The van der Waals surface area contributed by atoms with Crippen LogP contribution >= 0.6 is 0 Å². The van der Waals surface area contributed by atoms with Crippen LogP contribution in [0.2, 0.25) is 0 Å². The molecule has 0 radical (unpaired) electrons. The number of nitrogens with zero attached hydrogens (tertiary/aromatic N) is 3. The lowest BCUT2D eigenvalue weighted by Crippen LogP contribution is -2.42. The Hall–Kier alpha value is -2.37. The van der Waals surface area contributed by atoms with Gasteiger partial charge in [-0.3, -0.25) is 9.48 Å². The van der Waals surface area contributed by atoms with E-state index in [0.717, 1.165) is 18.5 Å². The van der Waals surface area contributed by atoms with E-state index in [1.807, 2.05) is 24.8 Å². The van der Waals surface area contributed by atoms with Crippen molar-refractivity contribution in [1.82, 2.24) is 14.7 Å². The van der Waals surface area contributed by atoms with Crippen LogP contribution < -0.4 is 4.74 Å². The smallest absolute Gasteiger partial charge is 0.272 e. The van der Waals surface area contributed by atoms with Crippen molar-refractivity contribution in [2.45, 2.75) is 39.3 Å². The van der Waals surface area contributed by atoms with Gasteiger partial charge in [-0.25, -0.2) is 4.39 Å². The molecule has 0 atom stereocenters. The number of benzene rings is 1. The van der Waals surface area contributed by atoms with Crippen LogP contribution in [0.4, 0.5) is 4.39 Å². The summed E-state index contributed by atoms with van der Waals surface area (Å²) < 4.78 is 20.5. The number of ether oxygens (including phenoxy) is 1. The van der Waals surface area contributed by atoms with Crippen molar-refractivity contribution >= 4 is 5.91 Å². The third kappa shape index (κ3) is 3.58. The monoisotopic (exact) mass is 331 g/mol. The number of aromatic nitrogens is 2. The molecule has 1 saturated heterocycles. The predicted octanol–water partition coefficient (Wildman–Crippen LogP) is 3.03. The van der Waals surface area contributed by atoms with Crippen molar-refractivity contribution in [3.05, 3.63) is 47.5 Å². The molecule has 0 N–H and O–H groups in total. The average Bonchev–Trinajstić information content (AvgIpc) is 2.98. The molecule has 2 heterocycles. The van der Waals surface area contributed by atoms with E-state index in [9.17, 15) is 9.18 Å². The Morgan fingerprint density at radius 2 is 1.96 bits per heavy atom. The minimum atomic E-state index is -0.273. The standard InChI is InChI=1S/C18H22FN3O2/c1-3-22-17(12-13(2)20-22)18(23)21-10-8-16(9-11-21)24-15-6-4-14(19)5-7-15/h4-7,12,16H,3,8-11H2,1-2H3. The van der Waals surface area contributed by atoms with Crippen molar-refractivity contribution in [1.29, 1.82) is 0 Å². The molecule has 128 valence electrons. The maximum Gasteiger partial charge on any atom is 0.272 e. The fourth-order valence-corrected chi connectivity index (χ4v) is 3.00. The number of hydrogen-bond acceptors (Lipinski definition) is 3.